The van der Waals surface area contributed by atoms with E-state index in [-0.39, 0.29) is 44.4 Å². The van der Waals surface area contributed by atoms with Crippen molar-refractivity contribution in [1.29, 1.82) is 0 Å². The topological polar surface area (TPSA) is 95.9 Å². The van der Waals surface area contributed by atoms with E-state index in [1.165, 1.54) is 4.90 Å². The molecule has 152 valence electrons. The molecule has 2 aromatic carbocycles. The van der Waals surface area contributed by atoms with Gasteiger partial charge in [-0.05, 0) is 22.3 Å². The Labute approximate surface area is 169 Å². The van der Waals surface area contributed by atoms with Gasteiger partial charge in [0.1, 0.15) is 6.61 Å². The molecule has 0 aliphatic heterocycles. The SMILES string of the molecule is CN(CCC(=O)O)C(=O)CCNC(=O)OCC1c2ccccc2-c2ccccc21. The van der Waals surface area contributed by atoms with Crippen molar-refractivity contribution >= 4 is 18.0 Å². The number of fused-ring (bicyclic) bond motifs is 3. The van der Waals surface area contributed by atoms with Crippen LogP contribution in [0.4, 0.5) is 4.79 Å². The summed E-state index contributed by atoms with van der Waals surface area (Å²) in [5, 5.41) is 11.2. The summed E-state index contributed by atoms with van der Waals surface area (Å²) >= 11 is 0. The third-order valence-electron chi connectivity index (χ3n) is 5.04. The van der Waals surface area contributed by atoms with Gasteiger partial charge in [-0.15, -0.1) is 0 Å². The maximum Gasteiger partial charge on any atom is 0.407 e. The zero-order chi connectivity index (χ0) is 20.8. The minimum Gasteiger partial charge on any atom is -0.481 e. The van der Waals surface area contributed by atoms with Crippen LogP contribution in [0.2, 0.25) is 0 Å². The first-order chi connectivity index (χ1) is 14.0. The summed E-state index contributed by atoms with van der Waals surface area (Å²) in [5.74, 6) is -1.21. The van der Waals surface area contributed by atoms with Crippen molar-refractivity contribution in [3.05, 3.63) is 59.7 Å². The van der Waals surface area contributed by atoms with E-state index in [2.05, 4.69) is 17.4 Å². The maximum absolute atomic E-state index is 12.1. The summed E-state index contributed by atoms with van der Waals surface area (Å²) in [4.78, 5) is 35.9. The Morgan fingerprint density at radius 1 is 1.00 bits per heavy atom. The number of amides is 2. The average molecular weight is 396 g/mol. The third kappa shape index (κ3) is 4.93. The summed E-state index contributed by atoms with van der Waals surface area (Å²) < 4.78 is 5.41. The molecule has 2 amide bonds. The molecular formula is C22H24N2O5. The zero-order valence-electron chi connectivity index (χ0n) is 16.3. The molecule has 1 aliphatic rings. The normalized spacial score (nSPS) is 12.0. The Hall–Kier alpha value is -3.35. The van der Waals surface area contributed by atoms with Crippen molar-refractivity contribution in [3.8, 4) is 11.1 Å². The van der Waals surface area contributed by atoms with Crippen molar-refractivity contribution in [1.82, 2.24) is 10.2 Å². The number of benzene rings is 2. The second-order valence-corrected chi connectivity index (χ2v) is 6.96. The molecule has 0 spiro atoms. The van der Waals surface area contributed by atoms with E-state index in [1.807, 2.05) is 36.4 Å². The summed E-state index contributed by atoms with van der Waals surface area (Å²) in [7, 11) is 1.54. The number of hydrogen-bond donors (Lipinski definition) is 2. The van der Waals surface area contributed by atoms with Gasteiger partial charge in [-0.25, -0.2) is 4.79 Å². The number of carbonyl (C=O) groups excluding carboxylic acids is 2. The lowest BCUT2D eigenvalue weighted by molar-refractivity contribution is -0.138. The monoisotopic (exact) mass is 396 g/mol. The summed E-state index contributed by atoms with van der Waals surface area (Å²) in [6.07, 6.45) is -0.601. The Morgan fingerprint density at radius 3 is 2.17 bits per heavy atom. The molecular weight excluding hydrogens is 372 g/mol. The van der Waals surface area contributed by atoms with Crippen LogP contribution < -0.4 is 5.32 Å². The van der Waals surface area contributed by atoms with Crippen LogP contribution in [0.1, 0.15) is 29.9 Å². The minimum absolute atomic E-state index is 0.0167. The molecule has 2 aromatic rings. The van der Waals surface area contributed by atoms with E-state index in [4.69, 9.17) is 9.84 Å². The smallest absolute Gasteiger partial charge is 0.407 e. The average Bonchev–Trinajstić information content (AvgIpc) is 3.04. The van der Waals surface area contributed by atoms with Crippen LogP contribution in [0, 0.1) is 0 Å². The van der Waals surface area contributed by atoms with Gasteiger partial charge in [0, 0.05) is 32.5 Å². The van der Waals surface area contributed by atoms with Crippen LogP contribution in [0.3, 0.4) is 0 Å². The molecule has 0 fully saturated rings. The molecule has 7 nitrogen and oxygen atoms in total. The standard InChI is InChI=1S/C22H24N2O5/c1-24(13-11-21(26)27)20(25)10-12-23-22(28)29-14-19-17-8-4-2-6-15(17)16-7-3-5-9-18(16)19/h2-9,19H,10-14H2,1H3,(H,23,28)(H,26,27). The lowest BCUT2D eigenvalue weighted by Crippen LogP contribution is -2.33. The molecule has 0 aromatic heterocycles. The maximum atomic E-state index is 12.1. The number of nitrogens with zero attached hydrogens (tertiary/aromatic N) is 1. The fraction of sp³-hybridized carbons (Fsp3) is 0.318. The molecule has 0 heterocycles. The number of carboxylic acid groups (broad SMARTS) is 1. The number of aliphatic carboxylic acids is 1. The molecule has 0 bridgehead atoms. The quantitative estimate of drug-likeness (QED) is 0.715. The summed E-state index contributed by atoms with van der Waals surface area (Å²) in [6, 6.07) is 16.2. The molecule has 3 rings (SSSR count). The fourth-order valence-corrected chi connectivity index (χ4v) is 3.50. The second kappa shape index (κ2) is 9.23. The first kappa shape index (κ1) is 20.4. The predicted octanol–water partition coefficient (Wildman–Crippen LogP) is 2.85. The Bertz CT molecular complexity index is 866. The zero-order valence-corrected chi connectivity index (χ0v) is 16.3. The number of alkyl carbamates (subject to hydrolysis) is 1. The van der Waals surface area contributed by atoms with Crippen LogP contribution in [0.5, 0.6) is 0 Å². The molecule has 0 radical (unpaired) electrons. The minimum atomic E-state index is -0.957. The van der Waals surface area contributed by atoms with E-state index in [0.717, 1.165) is 22.3 Å². The van der Waals surface area contributed by atoms with E-state index in [0.29, 0.717) is 0 Å². The van der Waals surface area contributed by atoms with E-state index in [9.17, 15) is 14.4 Å². The Balaban J connectivity index is 1.48. The van der Waals surface area contributed by atoms with Gasteiger partial charge in [-0.2, -0.15) is 0 Å². The lowest BCUT2D eigenvalue weighted by atomic mass is 9.98. The van der Waals surface area contributed by atoms with Gasteiger partial charge >= 0.3 is 12.1 Å². The second-order valence-electron chi connectivity index (χ2n) is 6.96. The highest BCUT2D eigenvalue weighted by Crippen LogP contribution is 2.44. The van der Waals surface area contributed by atoms with Gasteiger partial charge in [0.05, 0.1) is 6.42 Å². The molecule has 0 saturated heterocycles. The van der Waals surface area contributed by atoms with Crippen molar-refractivity contribution in [2.45, 2.75) is 18.8 Å². The van der Waals surface area contributed by atoms with Crippen LogP contribution in [0.25, 0.3) is 11.1 Å². The van der Waals surface area contributed by atoms with Gasteiger partial charge in [0.25, 0.3) is 0 Å². The van der Waals surface area contributed by atoms with Crippen LogP contribution in [0.15, 0.2) is 48.5 Å². The van der Waals surface area contributed by atoms with Crippen LogP contribution in [-0.4, -0.2) is 54.7 Å². The number of carbonyl (C=O) groups is 3. The number of carboxylic acids is 1. The molecule has 0 atom stereocenters. The summed E-state index contributed by atoms with van der Waals surface area (Å²) in [5.41, 5.74) is 4.59. The van der Waals surface area contributed by atoms with Crippen molar-refractivity contribution in [3.63, 3.8) is 0 Å². The number of ether oxygens (including phenoxy) is 1. The number of hydrogen-bond acceptors (Lipinski definition) is 4. The Kier molecular flexibility index (Phi) is 6.49. The lowest BCUT2D eigenvalue weighted by Gasteiger charge is -2.17. The molecule has 7 heteroatoms. The van der Waals surface area contributed by atoms with Crippen LogP contribution >= 0.6 is 0 Å². The van der Waals surface area contributed by atoms with E-state index >= 15 is 0 Å². The molecule has 2 N–H and O–H groups in total. The Morgan fingerprint density at radius 2 is 1.59 bits per heavy atom. The van der Waals surface area contributed by atoms with Gasteiger partial charge < -0.3 is 20.1 Å². The van der Waals surface area contributed by atoms with Crippen molar-refractivity contribution < 1.29 is 24.2 Å². The molecule has 29 heavy (non-hydrogen) atoms. The first-order valence-corrected chi connectivity index (χ1v) is 9.52. The number of rotatable bonds is 8. The van der Waals surface area contributed by atoms with E-state index < -0.39 is 12.1 Å². The molecule has 1 aliphatic carbocycles. The highest BCUT2D eigenvalue weighted by molar-refractivity contribution is 5.79. The van der Waals surface area contributed by atoms with E-state index in [1.54, 1.807) is 7.05 Å². The van der Waals surface area contributed by atoms with Gasteiger partial charge in [-0.3, -0.25) is 9.59 Å². The largest absolute Gasteiger partial charge is 0.481 e. The van der Waals surface area contributed by atoms with Gasteiger partial charge in [0.2, 0.25) is 5.91 Å². The van der Waals surface area contributed by atoms with Gasteiger partial charge in [-0.1, -0.05) is 48.5 Å². The fourth-order valence-electron chi connectivity index (χ4n) is 3.50. The predicted molar refractivity (Wildman–Crippen MR) is 108 cm³/mol. The van der Waals surface area contributed by atoms with Gasteiger partial charge in [0.15, 0.2) is 0 Å². The highest BCUT2D eigenvalue weighted by Gasteiger charge is 2.28. The highest BCUT2D eigenvalue weighted by atomic mass is 16.5. The first-order valence-electron chi connectivity index (χ1n) is 9.52. The molecule has 0 unspecified atom stereocenters. The third-order valence-corrected chi connectivity index (χ3v) is 5.04. The van der Waals surface area contributed by atoms with Crippen molar-refractivity contribution in [2.75, 3.05) is 26.7 Å². The van der Waals surface area contributed by atoms with Crippen LogP contribution in [-0.2, 0) is 14.3 Å². The summed E-state index contributed by atoms with van der Waals surface area (Å²) in [6.45, 7) is 0.484. The molecule has 0 saturated carbocycles. The van der Waals surface area contributed by atoms with Crippen molar-refractivity contribution in [2.24, 2.45) is 0 Å². The number of nitrogens with one attached hydrogen (secondary N) is 1.